The summed E-state index contributed by atoms with van der Waals surface area (Å²) in [6, 6.07) is -0.204. The molecule has 142 valence electrons. The first kappa shape index (κ1) is 17.5. The summed E-state index contributed by atoms with van der Waals surface area (Å²) in [6.45, 7) is 4.18. The molecule has 5 N–H and O–H groups in total. The van der Waals surface area contributed by atoms with Crippen molar-refractivity contribution in [3.63, 3.8) is 0 Å². The lowest BCUT2D eigenvalue weighted by Gasteiger charge is -2.23. The van der Waals surface area contributed by atoms with E-state index in [-0.39, 0.29) is 29.2 Å². The number of nitrogen functional groups attached to an aromatic ring is 1. The van der Waals surface area contributed by atoms with Gasteiger partial charge in [-0.25, -0.2) is 13.6 Å². The van der Waals surface area contributed by atoms with E-state index < -0.39 is 39.7 Å². The van der Waals surface area contributed by atoms with Crippen LogP contribution in [-0.2, 0) is 0 Å². The van der Waals surface area contributed by atoms with Crippen molar-refractivity contribution in [2.24, 2.45) is 11.1 Å². The van der Waals surface area contributed by atoms with Crippen LogP contribution in [0, 0.1) is 17.0 Å². The van der Waals surface area contributed by atoms with Crippen LogP contribution in [0.4, 0.5) is 20.2 Å². The molecule has 0 radical (unpaired) electrons. The zero-order valence-electron chi connectivity index (χ0n) is 14.3. The van der Waals surface area contributed by atoms with E-state index in [9.17, 15) is 14.7 Å². The number of rotatable bonds is 3. The molecule has 0 bridgehead atoms. The van der Waals surface area contributed by atoms with Crippen molar-refractivity contribution in [1.82, 2.24) is 4.57 Å². The summed E-state index contributed by atoms with van der Waals surface area (Å²) < 4.78 is 31.5. The lowest BCUT2D eigenvalue weighted by Crippen LogP contribution is -2.31. The molecule has 1 aliphatic heterocycles. The van der Waals surface area contributed by atoms with Crippen molar-refractivity contribution in [3.8, 4) is 0 Å². The first-order valence-electron chi connectivity index (χ1n) is 8.43. The number of carboxylic acids is 1. The van der Waals surface area contributed by atoms with E-state index in [4.69, 9.17) is 11.5 Å². The molecule has 27 heavy (non-hydrogen) atoms. The Labute approximate surface area is 152 Å². The summed E-state index contributed by atoms with van der Waals surface area (Å²) in [6.07, 6.45) is 3.88. The molecule has 1 aromatic heterocycles. The van der Waals surface area contributed by atoms with Gasteiger partial charge in [0.25, 0.3) is 0 Å². The van der Waals surface area contributed by atoms with Gasteiger partial charge in [-0.05, 0) is 12.8 Å². The van der Waals surface area contributed by atoms with Crippen LogP contribution in [0.25, 0.3) is 17.1 Å². The first-order chi connectivity index (χ1) is 12.7. The zero-order chi connectivity index (χ0) is 19.7. The highest BCUT2D eigenvalue weighted by Gasteiger charge is 2.54. The summed E-state index contributed by atoms with van der Waals surface area (Å²) in [4.78, 5) is 25.3. The molecule has 2 aliphatic rings. The van der Waals surface area contributed by atoms with E-state index in [2.05, 4.69) is 6.58 Å². The summed E-state index contributed by atoms with van der Waals surface area (Å²) in [5.74, 6) is -3.60. The second-order valence-electron chi connectivity index (χ2n) is 7.23. The molecular weight excluding hydrogens is 358 g/mol. The fraction of sp³-hybridized carbons (Fsp3) is 0.333. The monoisotopic (exact) mass is 376 g/mol. The molecule has 1 atom stereocenters. The van der Waals surface area contributed by atoms with E-state index in [1.807, 2.05) is 0 Å². The number of halogens is 2. The van der Waals surface area contributed by atoms with Crippen molar-refractivity contribution >= 4 is 34.4 Å². The van der Waals surface area contributed by atoms with E-state index in [0.717, 1.165) is 29.8 Å². The molecule has 1 spiro atoms. The highest BCUT2D eigenvalue weighted by atomic mass is 19.1. The van der Waals surface area contributed by atoms with E-state index in [0.29, 0.717) is 6.54 Å². The smallest absolute Gasteiger partial charge is 0.341 e. The van der Waals surface area contributed by atoms with E-state index in [1.165, 1.54) is 4.90 Å². The van der Waals surface area contributed by atoms with Gasteiger partial charge in [-0.2, -0.15) is 0 Å². The Balaban J connectivity index is 2.04. The standard InChI is InChI=1S/C18H18F2N4O3/c1-2-23-5-8(17(26)27)16(25)10-13(22)11(19)15(12(20)14(10)23)24-6-9(21)18(7-24)3-4-18/h2,5,9H,1,3-4,6-7,21-22H2,(H,26,27). The Morgan fingerprint density at radius 3 is 2.56 bits per heavy atom. The number of carbonyl (C=O) groups is 1. The summed E-state index contributed by atoms with van der Waals surface area (Å²) in [7, 11) is 0. The van der Waals surface area contributed by atoms with E-state index in [1.54, 1.807) is 0 Å². The summed E-state index contributed by atoms with van der Waals surface area (Å²) in [5, 5.41) is 8.68. The number of aromatic carboxylic acids is 1. The molecule has 9 heteroatoms. The van der Waals surface area contributed by atoms with Crippen LogP contribution in [0.2, 0.25) is 0 Å². The average Bonchev–Trinajstić information content (AvgIpc) is 3.32. The maximum Gasteiger partial charge on any atom is 0.341 e. The first-order valence-corrected chi connectivity index (χ1v) is 8.43. The lowest BCUT2D eigenvalue weighted by atomic mass is 10.0. The molecular formula is C18H18F2N4O3. The summed E-state index contributed by atoms with van der Waals surface area (Å²) >= 11 is 0. The van der Waals surface area contributed by atoms with Crippen molar-refractivity contribution in [2.75, 3.05) is 23.7 Å². The maximum absolute atomic E-state index is 15.4. The Hall–Kier alpha value is -2.94. The van der Waals surface area contributed by atoms with Crippen LogP contribution in [0.5, 0.6) is 0 Å². The quantitative estimate of drug-likeness (QED) is 0.701. The molecule has 1 unspecified atom stereocenters. The van der Waals surface area contributed by atoms with Crippen molar-refractivity contribution in [3.05, 3.63) is 40.2 Å². The Kier molecular flexibility index (Phi) is 3.58. The Morgan fingerprint density at radius 1 is 1.37 bits per heavy atom. The number of fused-ring (bicyclic) bond motifs is 1. The zero-order valence-corrected chi connectivity index (χ0v) is 14.3. The molecule has 1 aliphatic carbocycles. The lowest BCUT2D eigenvalue weighted by molar-refractivity contribution is 0.0695. The normalized spacial score (nSPS) is 20.4. The van der Waals surface area contributed by atoms with Gasteiger partial charge in [0.1, 0.15) is 11.3 Å². The predicted octanol–water partition coefficient (Wildman–Crippen LogP) is 1.59. The van der Waals surface area contributed by atoms with Gasteiger partial charge in [-0.3, -0.25) is 4.79 Å². The second-order valence-corrected chi connectivity index (χ2v) is 7.23. The number of hydrogen-bond donors (Lipinski definition) is 3. The number of anilines is 2. The Bertz CT molecular complexity index is 1070. The number of nitrogens with two attached hydrogens (primary N) is 2. The molecule has 1 saturated heterocycles. The number of pyridine rings is 1. The molecule has 2 fully saturated rings. The number of aromatic nitrogens is 1. The minimum absolute atomic E-state index is 0.131. The highest BCUT2D eigenvalue weighted by molar-refractivity contribution is 6.00. The highest BCUT2D eigenvalue weighted by Crippen LogP contribution is 2.53. The minimum atomic E-state index is -1.53. The van der Waals surface area contributed by atoms with E-state index >= 15 is 8.78 Å². The number of carboxylic acid groups (broad SMARTS) is 1. The van der Waals surface area contributed by atoms with Crippen molar-refractivity contribution < 1.29 is 18.7 Å². The number of hydrogen-bond acceptors (Lipinski definition) is 5. The molecule has 4 rings (SSSR count). The van der Waals surface area contributed by atoms with Gasteiger partial charge in [-0.1, -0.05) is 6.58 Å². The van der Waals surface area contributed by atoms with Crippen LogP contribution in [0.1, 0.15) is 23.2 Å². The summed E-state index contributed by atoms with van der Waals surface area (Å²) in [5.41, 5.74) is 8.89. The SMILES string of the molecule is C=Cn1cc(C(=O)O)c(=O)c2c(N)c(F)c(N3CC(N)C4(CC4)C3)c(F)c21. The topological polar surface area (TPSA) is 115 Å². The van der Waals surface area contributed by atoms with Crippen LogP contribution in [0.3, 0.4) is 0 Å². The predicted molar refractivity (Wildman–Crippen MR) is 97.7 cm³/mol. The van der Waals surface area contributed by atoms with Gasteiger partial charge in [0.05, 0.1) is 16.6 Å². The van der Waals surface area contributed by atoms with Gasteiger partial charge in [-0.15, -0.1) is 0 Å². The number of benzene rings is 1. The second kappa shape index (κ2) is 5.53. The van der Waals surface area contributed by atoms with Gasteiger partial charge in [0, 0.05) is 36.9 Å². The number of nitrogens with zero attached hydrogens (tertiary/aromatic N) is 2. The molecule has 2 aromatic rings. The van der Waals surface area contributed by atoms with Crippen molar-refractivity contribution in [1.29, 1.82) is 0 Å². The third kappa shape index (κ3) is 2.27. The van der Waals surface area contributed by atoms with Crippen molar-refractivity contribution in [2.45, 2.75) is 18.9 Å². The third-order valence-electron chi connectivity index (χ3n) is 5.71. The molecule has 1 aromatic carbocycles. The van der Waals surface area contributed by atoms with Gasteiger partial charge < -0.3 is 26.0 Å². The van der Waals surface area contributed by atoms with Crippen LogP contribution in [0.15, 0.2) is 17.6 Å². The van der Waals surface area contributed by atoms with Crippen LogP contribution in [-0.4, -0.2) is 34.8 Å². The molecule has 0 amide bonds. The fourth-order valence-electron chi connectivity index (χ4n) is 3.98. The molecule has 2 heterocycles. The minimum Gasteiger partial charge on any atom is -0.477 e. The third-order valence-corrected chi connectivity index (χ3v) is 5.71. The van der Waals surface area contributed by atoms with Gasteiger partial charge >= 0.3 is 5.97 Å². The maximum atomic E-state index is 15.4. The fourth-order valence-corrected chi connectivity index (χ4v) is 3.98. The van der Waals surface area contributed by atoms with Crippen LogP contribution < -0.4 is 21.8 Å². The van der Waals surface area contributed by atoms with Gasteiger partial charge in [0.15, 0.2) is 11.6 Å². The average molecular weight is 376 g/mol. The Morgan fingerprint density at radius 2 is 2.04 bits per heavy atom. The molecule has 1 saturated carbocycles. The largest absolute Gasteiger partial charge is 0.477 e. The molecule has 7 nitrogen and oxygen atoms in total. The van der Waals surface area contributed by atoms with Crippen LogP contribution >= 0.6 is 0 Å². The van der Waals surface area contributed by atoms with Gasteiger partial charge in [0.2, 0.25) is 5.43 Å².